The maximum Gasteiger partial charge on any atom is 0.307 e. The standard InChI is InChI=1S/C18H21NO3/c1-11-9-17(13-5-3-4-6-14(13)18(20)21)19-16-8-7-12(22-2)10-15(11)16/h7-10,13-14H,3-6H2,1-2H3,(H,20,21)/t13-,14-/m1/s1. The first-order chi connectivity index (χ1) is 10.6. The van der Waals surface area contributed by atoms with Gasteiger partial charge in [0.2, 0.25) is 0 Å². The zero-order chi connectivity index (χ0) is 15.7. The number of fused-ring (bicyclic) bond motifs is 1. The second-order valence-electron chi connectivity index (χ2n) is 6.08. The minimum absolute atomic E-state index is 0.0245. The predicted octanol–water partition coefficient (Wildman–Crippen LogP) is 3.91. The number of carboxylic acids is 1. The first-order valence-electron chi connectivity index (χ1n) is 7.78. The number of benzene rings is 1. The fourth-order valence-electron chi connectivity index (χ4n) is 3.50. The van der Waals surface area contributed by atoms with Crippen LogP contribution in [0, 0.1) is 12.8 Å². The molecule has 0 bridgehead atoms. The Morgan fingerprint density at radius 3 is 2.77 bits per heavy atom. The van der Waals surface area contributed by atoms with Crippen molar-refractivity contribution in [1.29, 1.82) is 0 Å². The highest BCUT2D eigenvalue weighted by atomic mass is 16.5. The number of rotatable bonds is 3. The van der Waals surface area contributed by atoms with Crippen LogP contribution in [0.1, 0.15) is 42.9 Å². The summed E-state index contributed by atoms with van der Waals surface area (Å²) in [5.41, 5.74) is 2.95. The molecule has 0 aliphatic heterocycles. The molecule has 22 heavy (non-hydrogen) atoms. The molecule has 2 aromatic rings. The van der Waals surface area contributed by atoms with E-state index in [9.17, 15) is 9.90 Å². The number of methoxy groups -OCH3 is 1. The molecule has 1 aliphatic carbocycles. The van der Waals surface area contributed by atoms with Crippen molar-refractivity contribution in [2.75, 3.05) is 7.11 Å². The van der Waals surface area contributed by atoms with Crippen LogP contribution in [-0.2, 0) is 4.79 Å². The van der Waals surface area contributed by atoms with Gasteiger partial charge in [-0.1, -0.05) is 12.8 Å². The van der Waals surface area contributed by atoms with Crippen molar-refractivity contribution >= 4 is 16.9 Å². The van der Waals surface area contributed by atoms with E-state index in [1.54, 1.807) is 7.11 Å². The number of hydrogen-bond acceptors (Lipinski definition) is 3. The van der Waals surface area contributed by atoms with Gasteiger partial charge in [-0.15, -0.1) is 0 Å². The molecule has 4 nitrogen and oxygen atoms in total. The van der Waals surface area contributed by atoms with Crippen molar-refractivity contribution in [3.8, 4) is 5.75 Å². The average Bonchev–Trinajstić information content (AvgIpc) is 2.54. The van der Waals surface area contributed by atoms with Gasteiger partial charge < -0.3 is 9.84 Å². The van der Waals surface area contributed by atoms with E-state index in [1.807, 2.05) is 31.2 Å². The van der Waals surface area contributed by atoms with E-state index in [2.05, 4.69) is 0 Å². The molecule has 1 fully saturated rings. The fraction of sp³-hybridized carbons (Fsp3) is 0.444. The molecule has 0 amide bonds. The summed E-state index contributed by atoms with van der Waals surface area (Å²) in [5, 5.41) is 10.5. The van der Waals surface area contributed by atoms with Gasteiger partial charge in [0.25, 0.3) is 0 Å². The van der Waals surface area contributed by atoms with Crippen LogP contribution in [0.25, 0.3) is 10.9 Å². The summed E-state index contributed by atoms with van der Waals surface area (Å²) in [6.45, 7) is 2.05. The zero-order valence-corrected chi connectivity index (χ0v) is 13.0. The SMILES string of the molecule is COc1ccc2nc([C@@H]3CCCC[C@H]3C(=O)O)cc(C)c2c1. The van der Waals surface area contributed by atoms with Crippen LogP contribution in [0.2, 0.25) is 0 Å². The Morgan fingerprint density at radius 1 is 1.27 bits per heavy atom. The third-order valence-electron chi connectivity index (χ3n) is 4.71. The summed E-state index contributed by atoms with van der Waals surface area (Å²) in [6.07, 6.45) is 3.74. The Labute approximate surface area is 130 Å². The molecule has 4 heteroatoms. The molecule has 1 heterocycles. The highest BCUT2D eigenvalue weighted by Crippen LogP contribution is 2.38. The second kappa shape index (κ2) is 5.95. The Balaban J connectivity index is 2.05. The van der Waals surface area contributed by atoms with Crippen LogP contribution < -0.4 is 4.74 Å². The van der Waals surface area contributed by atoms with Crippen LogP contribution in [0.15, 0.2) is 24.3 Å². The van der Waals surface area contributed by atoms with Gasteiger partial charge in [0, 0.05) is 17.0 Å². The number of hydrogen-bond donors (Lipinski definition) is 1. The third kappa shape index (κ3) is 2.65. The number of carboxylic acid groups (broad SMARTS) is 1. The molecule has 2 atom stereocenters. The minimum atomic E-state index is -0.695. The second-order valence-corrected chi connectivity index (χ2v) is 6.08. The van der Waals surface area contributed by atoms with Gasteiger partial charge in [-0.05, 0) is 49.6 Å². The lowest BCUT2D eigenvalue weighted by Gasteiger charge is -2.28. The molecule has 0 spiro atoms. The number of aromatic nitrogens is 1. The number of nitrogens with zero attached hydrogens (tertiary/aromatic N) is 1. The lowest BCUT2D eigenvalue weighted by Crippen LogP contribution is -2.26. The van der Waals surface area contributed by atoms with Crippen LogP contribution >= 0.6 is 0 Å². The zero-order valence-electron chi connectivity index (χ0n) is 13.0. The normalized spacial score (nSPS) is 21.7. The van der Waals surface area contributed by atoms with E-state index in [0.29, 0.717) is 0 Å². The minimum Gasteiger partial charge on any atom is -0.497 e. The molecule has 0 unspecified atom stereocenters. The summed E-state index contributed by atoms with van der Waals surface area (Å²) in [4.78, 5) is 16.3. The lowest BCUT2D eigenvalue weighted by atomic mass is 9.77. The first-order valence-corrected chi connectivity index (χ1v) is 7.78. The molecular weight excluding hydrogens is 278 g/mol. The number of aryl methyl sites for hydroxylation is 1. The molecule has 0 saturated heterocycles. The van der Waals surface area contributed by atoms with Gasteiger partial charge >= 0.3 is 5.97 Å². The smallest absolute Gasteiger partial charge is 0.307 e. The molecule has 1 saturated carbocycles. The molecule has 1 aliphatic rings. The molecule has 116 valence electrons. The Kier molecular flexibility index (Phi) is 4.01. The van der Waals surface area contributed by atoms with E-state index in [-0.39, 0.29) is 11.8 Å². The van der Waals surface area contributed by atoms with Crippen LogP contribution in [-0.4, -0.2) is 23.2 Å². The topological polar surface area (TPSA) is 59.4 Å². The van der Waals surface area contributed by atoms with Gasteiger partial charge in [-0.3, -0.25) is 9.78 Å². The van der Waals surface area contributed by atoms with E-state index in [1.165, 1.54) is 0 Å². The van der Waals surface area contributed by atoms with Crippen molar-refractivity contribution in [2.24, 2.45) is 5.92 Å². The maximum absolute atomic E-state index is 11.5. The largest absolute Gasteiger partial charge is 0.497 e. The molecule has 1 N–H and O–H groups in total. The molecule has 1 aromatic carbocycles. The highest BCUT2D eigenvalue weighted by molar-refractivity contribution is 5.84. The van der Waals surface area contributed by atoms with Crippen molar-refractivity contribution in [2.45, 2.75) is 38.5 Å². The maximum atomic E-state index is 11.5. The van der Waals surface area contributed by atoms with Crippen LogP contribution in [0.5, 0.6) is 5.75 Å². The first kappa shape index (κ1) is 14.8. The van der Waals surface area contributed by atoms with Gasteiger partial charge in [-0.2, -0.15) is 0 Å². The number of aliphatic carboxylic acids is 1. The van der Waals surface area contributed by atoms with E-state index in [0.717, 1.165) is 53.6 Å². The van der Waals surface area contributed by atoms with Gasteiger partial charge in [0.15, 0.2) is 0 Å². The number of ether oxygens (including phenoxy) is 1. The number of carbonyl (C=O) groups is 1. The summed E-state index contributed by atoms with van der Waals surface area (Å²) in [5.74, 6) is -0.169. The fourth-order valence-corrected chi connectivity index (χ4v) is 3.50. The van der Waals surface area contributed by atoms with Crippen molar-refractivity contribution in [1.82, 2.24) is 4.98 Å². The van der Waals surface area contributed by atoms with E-state index in [4.69, 9.17) is 9.72 Å². The lowest BCUT2D eigenvalue weighted by molar-refractivity contribution is -0.143. The number of pyridine rings is 1. The van der Waals surface area contributed by atoms with Gasteiger partial charge in [-0.25, -0.2) is 0 Å². The van der Waals surface area contributed by atoms with Gasteiger partial charge in [0.1, 0.15) is 5.75 Å². The predicted molar refractivity (Wildman–Crippen MR) is 85.4 cm³/mol. The van der Waals surface area contributed by atoms with E-state index < -0.39 is 5.97 Å². The van der Waals surface area contributed by atoms with Crippen LogP contribution in [0.3, 0.4) is 0 Å². The Bertz CT molecular complexity index is 711. The summed E-state index contributed by atoms with van der Waals surface area (Å²) in [7, 11) is 1.65. The monoisotopic (exact) mass is 299 g/mol. The van der Waals surface area contributed by atoms with Crippen molar-refractivity contribution < 1.29 is 14.6 Å². The van der Waals surface area contributed by atoms with Crippen molar-refractivity contribution in [3.05, 3.63) is 35.5 Å². The average molecular weight is 299 g/mol. The van der Waals surface area contributed by atoms with Crippen molar-refractivity contribution in [3.63, 3.8) is 0 Å². The van der Waals surface area contributed by atoms with Gasteiger partial charge in [0.05, 0.1) is 18.5 Å². The molecule has 0 radical (unpaired) electrons. The van der Waals surface area contributed by atoms with Crippen LogP contribution in [0.4, 0.5) is 0 Å². The highest BCUT2D eigenvalue weighted by Gasteiger charge is 2.33. The van der Waals surface area contributed by atoms with E-state index >= 15 is 0 Å². The summed E-state index contributed by atoms with van der Waals surface area (Å²) < 4.78 is 5.27. The molecule has 1 aromatic heterocycles. The third-order valence-corrected chi connectivity index (χ3v) is 4.71. The quantitative estimate of drug-likeness (QED) is 0.933. The Morgan fingerprint density at radius 2 is 2.05 bits per heavy atom. The molecule has 3 rings (SSSR count). The summed E-state index contributed by atoms with van der Waals surface area (Å²) in [6, 6.07) is 7.88. The Hall–Kier alpha value is -2.10. The summed E-state index contributed by atoms with van der Waals surface area (Å²) >= 11 is 0. The molecular formula is C18H21NO3.